The van der Waals surface area contributed by atoms with Gasteiger partial charge in [0.05, 0.1) is 15.5 Å². The summed E-state index contributed by atoms with van der Waals surface area (Å²) in [5.41, 5.74) is 0.843. The van der Waals surface area contributed by atoms with E-state index in [-0.39, 0.29) is 10.8 Å². The topological polar surface area (TPSA) is 98.0 Å². The van der Waals surface area contributed by atoms with E-state index in [4.69, 9.17) is 11.6 Å². The van der Waals surface area contributed by atoms with E-state index in [9.17, 15) is 14.9 Å². The molecule has 2 aromatic carbocycles. The Morgan fingerprint density at radius 1 is 1.17 bits per heavy atom. The molecule has 0 bridgehead atoms. The number of halogens is 1. The number of nitro benzene ring substituents is 1. The average Bonchev–Trinajstić information content (AvgIpc) is 3.04. The minimum Gasteiger partial charge on any atom is -0.296 e. The predicted octanol–water partition coefficient (Wildman–Crippen LogP) is 4.02. The summed E-state index contributed by atoms with van der Waals surface area (Å²) in [4.78, 5) is 22.5. The summed E-state index contributed by atoms with van der Waals surface area (Å²) in [5.74, 6) is -0.401. The van der Waals surface area contributed by atoms with Crippen molar-refractivity contribution in [1.82, 2.24) is 10.2 Å². The molecule has 1 heterocycles. The Hall–Kier alpha value is -2.84. The Bertz CT molecular complexity index is 928. The highest BCUT2D eigenvalue weighted by Gasteiger charge is 2.15. The molecule has 9 heteroatoms. The first-order valence-corrected chi connectivity index (χ1v) is 7.88. The summed E-state index contributed by atoms with van der Waals surface area (Å²) in [5, 5.41) is 22.4. The van der Waals surface area contributed by atoms with Gasteiger partial charge in [-0.1, -0.05) is 47.2 Å². The number of amides is 1. The highest BCUT2D eigenvalue weighted by Crippen LogP contribution is 2.29. The molecule has 7 nitrogen and oxygen atoms in total. The number of benzene rings is 2. The van der Waals surface area contributed by atoms with Crippen molar-refractivity contribution in [3.63, 3.8) is 0 Å². The van der Waals surface area contributed by atoms with Crippen LogP contribution in [0.15, 0.2) is 48.5 Å². The molecule has 1 aromatic heterocycles. The first-order valence-electron chi connectivity index (χ1n) is 6.69. The van der Waals surface area contributed by atoms with E-state index >= 15 is 0 Å². The van der Waals surface area contributed by atoms with Crippen molar-refractivity contribution in [3.05, 3.63) is 69.2 Å². The number of anilines is 1. The van der Waals surface area contributed by atoms with Crippen molar-refractivity contribution in [2.24, 2.45) is 0 Å². The normalized spacial score (nSPS) is 10.4. The molecule has 0 spiro atoms. The summed E-state index contributed by atoms with van der Waals surface area (Å²) in [6.45, 7) is 0. The molecule has 0 saturated heterocycles. The van der Waals surface area contributed by atoms with E-state index in [1.54, 1.807) is 36.4 Å². The minimum atomic E-state index is -0.482. The second-order valence-electron chi connectivity index (χ2n) is 4.65. The molecule has 3 aromatic rings. The second-order valence-corrected chi connectivity index (χ2v) is 6.04. The van der Waals surface area contributed by atoms with Crippen LogP contribution in [0.4, 0.5) is 10.8 Å². The van der Waals surface area contributed by atoms with Crippen molar-refractivity contribution in [3.8, 4) is 10.6 Å². The van der Waals surface area contributed by atoms with Crippen LogP contribution in [-0.2, 0) is 0 Å². The zero-order valence-corrected chi connectivity index (χ0v) is 13.5. The Balaban J connectivity index is 1.81. The first-order chi connectivity index (χ1) is 11.5. The molecule has 24 heavy (non-hydrogen) atoms. The maximum Gasteiger partial charge on any atom is 0.270 e. The molecule has 0 fully saturated rings. The van der Waals surface area contributed by atoms with E-state index in [0.717, 1.165) is 11.3 Å². The van der Waals surface area contributed by atoms with Gasteiger partial charge in [0.1, 0.15) is 5.01 Å². The molecule has 0 aliphatic heterocycles. The van der Waals surface area contributed by atoms with Crippen molar-refractivity contribution in [1.29, 1.82) is 0 Å². The minimum absolute atomic E-state index is 0.0376. The number of nitrogens with one attached hydrogen (secondary N) is 1. The van der Waals surface area contributed by atoms with Crippen LogP contribution in [0.1, 0.15) is 10.4 Å². The van der Waals surface area contributed by atoms with Crippen LogP contribution < -0.4 is 5.32 Å². The lowest BCUT2D eigenvalue weighted by molar-refractivity contribution is -0.384. The van der Waals surface area contributed by atoms with Crippen LogP contribution in [0.25, 0.3) is 10.6 Å². The van der Waals surface area contributed by atoms with Gasteiger partial charge in [-0.2, -0.15) is 0 Å². The molecule has 0 aliphatic rings. The molecule has 0 atom stereocenters. The van der Waals surface area contributed by atoms with E-state index in [1.165, 1.54) is 12.1 Å². The standard InChI is InChI=1S/C15H9ClN4O3S/c16-12-7-2-1-6-11(12)13(21)17-15-19-18-14(24-15)9-4-3-5-10(8-9)20(22)23/h1-8H,(H,17,19,21). The second kappa shape index (κ2) is 6.73. The summed E-state index contributed by atoms with van der Waals surface area (Å²) in [6, 6.07) is 12.7. The van der Waals surface area contributed by atoms with Crippen molar-refractivity contribution in [2.45, 2.75) is 0 Å². The summed E-state index contributed by atoms with van der Waals surface area (Å²) in [6.07, 6.45) is 0. The fourth-order valence-electron chi connectivity index (χ4n) is 1.95. The summed E-state index contributed by atoms with van der Waals surface area (Å²) in [7, 11) is 0. The molecule has 0 radical (unpaired) electrons. The largest absolute Gasteiger partial charge is 0.296 e. The third-order valence-electron chi connectivity index (χ3n) is 3.07. The summed E-state index contributed by atoms with van der Waals surface area (Å²) >= 11 is 7.09. The third-order valence-corrected chi connectivity index (χ3v) is 4.29. The van der Waals surface area contributed by atoms with Crippen LogP contribution in [0, 0.1) is 10.1 Å². The number of nitro groups is 1. The Morgan fingerprint density at radius 2 is 1.96 bits per heavy atom. The molecular formula is C15H9ClN4O3S. The molecule has 3 rings (SSSR count). The Morgan fingerprint density at radius 3 is 2.71 bits per heavy atom. The van der Waals surface area contributed by atoms with Gasteiger partial charge in [-0.15, -0.1) is 10.2 Å². The zero-order chi connectivity index (χ0) is 17.1. The lowest BCUT2D eigenvalue weighted by atomic mass is 10.2. The van der Waals surface area contributed by atoms with Crippen molar-refractivity contribution >= 4 is 39.7 Å². The van der Waals surface area contributed by atoms with Gasteiger partial charge in [-0.05, 0) is 12.1 Å². The van der Waals surface area contributed by atoms with Gasteiger partial charge in [-0.3, -0.25) is 20.2 Å². The number of hydrogen-bond donors (Lipinski definition) is 1. The van der Waals surface area contributed by atoms with Gasteiger partial charge in [-0.25, -0.2) is 0 Å². The van der Waals surface area contributed by atoms with Gasteiger partial charge >= 0.3 is 0 Å². The maximum absolute atomic E-state index is 12.2. The van der Waals surface area contributed by atoms with Crippen LogP contribution in [0.3, 0.4) is 0 Å². The number of hydrogen-bond acceptors (Lipinski definition) is 6. The van der Waals surface area contributed by atoms with Crippen LogP contribution in [0.5, 0.6) is 0 Å². The number of carbonyl (C=O) groups is 1. The molecule has 1 N–H and O–H groups in total. The number of rotatable bonds is 4. The third kappa shape index (κ3) is 3.39. The molecule has 1 amide bonds. The van der Waals surface area contributed by atoms with Crippen molar-refractivity contribution in [2.75, 3.05) is 5.32 Å². The fraction of sp³-hybridized carbons (Fsp3) is 0. The molecular weight excluding hydrogens is 352 g/mol. The van der Waals surface area contributed by atoms with Crippen molar-refractivity contribution < 1.29 is 9.72 Å². The first kappa shape index (κ1) is 16.0. The predicted molar refractivity (Wildman–Crippen MR) is 91.4 cm³/mol. The van der Waals surface area contributed by atoms with Crippen LogP contribution in [0.2, 0.25) is 5.02 Å². The lowest BCUT2D eigenvalue weighted by Gasteiger charge is -2.02. The SMILES string of the molecule is O=C(Nc1nnc(-c2cccc([N+](=O)[O-])c2)s1)c1ccccc1Cl. The van der Waals surface area contributed by atoms with Crippen LogP contribution >= 0.6 is 22.9 Å². The maximum atomic E-state index is 12.2. The van der Waals surface area contributed by atoms with E-state index in [1.807, 2.05) is 0 Å². The van der Waals surface area contributed by atoms with Gasteiger partial charge < -0.3 is 0 Å². The van der Waals surface area contributed by atoms with E-state index in [2.05, 4.69) is 15.5 Å². The van der Waals surface area contributed by atoms with E-state index in [0.29, 0.717) is 21.2 Å². The lowest BCUT2D eigenvalue weighted by Crippen LogP contribution is -2.12. The molecule has 0 saturated carbocycles. The number of aromatic nitrogens is 2. The van der Waals surface area contributed by atoms with E-state index < -0.39 is 10.8 Å². The molecule has 120 valence electrons. The zero-order valence-electron chi connectivity index (χ0n) is 12.0. The quantitative estimate of drug-likeness (QED) is 0.559. The van der Waals surface area contributed by atoms with Gasteiger partial charge in [0, 0.05) is 17.7 Å². The van der Waals surface area contributed by atoms with Gasteiger partial charge in [0.2, 0.25) is 5.13 Å². The van der Waals surface area contributed by atoms with Gasteiger partial charge in [0.15, 0.2) is 0 Å². The highest BCUT2D eigenvalue weighted by molar-refractivity contribution is 7.18. The Labute approximate surface area is 145 Å². The van der Waals surface area contributed by atoms with Gasteiger partial charge in [0.25, 0.3) is 11.6 Å². The number of non-ortho nitro benzene ring substituents is 1. The molecule has 0 unspecified atom stereocenters. The number of carbonyl (C=O) groups excluding carboxylic acids is 1. The average molecular weight is 361 g/mol. The summed E-state index contributed by atoms with van der Waals surface area (Å²) < 4.78 is 0. The monoisotopic (exact) mass is 360 g/mol. The fourth-order valence-corrected chi connectivity index (χ4v) is 2.91. The number of nitrogens with zero attached hydrogens (tertiary/aromatic N) is 3. The molecule has 0 aliphatic carbocycles. The highest BCUT2D eigenvalue weighted by atomic mass is 35.5. The Kier molecular flexibility index (Phi) is 4.50. The van der Waals surface area contributed by atoms with Crippen LogP contribution in [-0.4, -0.2) is 21.0 Å². The smallest absolute Gasteiger partial charge is 0.270 e.